The minimum absolute atomic E-state index is 0.210. The molecule has 0 aromatic heterocycles. The van der Waals surface area contributed by atoms with E-state index in [4.69, 9.17) is 31.3 Å². The van der Waals surface area contributed by atoms with Crippen LogP contribution in [0.25, 0.3) is 0 Å². The number of rotatable bonds is 6. The molecule has 0 aliphatic heterocycles. The van der Waals surface area contributed by atoms with Gasteiger partial charge in [0.15, 0.2) is 0 Å². The molecule has 0 bridgehead atoms. The summed E-state index contributed by atoms with van der Waals surface area (Å²) >= 11 is 6.14. The van der Waals surface area contributed by atoms with Crippen molar-refractivity contribution in [3.8, 4) is 5.75 Å². The largest absolute Gasteiger partial charge is 0.497 e. The third-order valence-corrected chi connectivity index (χ3v) is 4.84. The van der Waals surface area contributed by atoms with Gasteiger partial charge < -0.3 is 20.3 Å². The highest BCUT2D eigenvalue weighted by Gasteiger charge is 2.38. The van der Waals surface area contributed by atoms with Gasteiger partial charge in [-0.05, 0) is 43.4 Å². The van der Waals surface area contributed by atoms with Crippen molar-refractivity contribution in [3.05, 3.63) is 28.8 Å². The Morgan fingerprint density at radius 1 is 1.28 bits per heavy atom. The molecule has 1 aromatic carbocycles. The molecule has 1 aromatic rings. The Morgan fingerprint density at radius 3 is 2.24 bits per heavy atom. The summed E-state index contributed by atoms with van der Waals surface area (Å²) < 4.78 is 51.4. The van der Waals surface area contributed by atoms with Crippen LogP contribution in [-0.4, -0.2) is 47.7 Å². The Balaban J connectivity index is 0.000000516. The second-order valence-electron chi connectivity index (χ2n) is 6.63. The van der Waals surface area contributed by atoms with E-state index in [2.05, 4.69) is 5.32 Å². The van der Waals surface area contributed by atoms with Crippen LogP contribution in [0.5, 0.6) is 5.75 Å². The van der Waals surface area contributed by atoms with Gasteiger partial charge in [0, 0.05) is 18.1 Å². The molecule has 1 fully saturated rings. The molecule has 6 nitrogen and oxygen atoms in total. The van der Waals surface area contributed by atoms with Gasteiger partial charge in [-0.2, -0.15) is 13.2 Å². The van der Waals surface area contributed by atoms with Crippen molar-refractivity contribution >= 4 is 23.5 Å². The first-order valence-corrected chi connectivity index (χ1v) is 9.01. The maximum absolute atomic E-state index is 14.6. The van der Waals surface area contributed by atoms with Gasteiger partial charge in [0.05, 0.1) is 13.0 Å². The maximum atomic E-state index is 14.6. The van der Waals surface area contributed by atoms with E-state index in [-0.39, 0.29) is 19.4 Å². The highest BCUT2D eigenvalue weighted by Crippen LogP contribution is 2.35. The molecule has 0 saturated heterocycles. The van der Waals surface area contributed by atoms with Crippen molar-refractivity contribution in [2.75, 3.05) is 13.7 Å². The van der Waals surface area contributed by atoms with Crippen molar-refractivity contribution < 1.29 is 42.1 Å². The van der Waals surface area contributed by atoms with Gasteiger partial charge in [0.1, 0.15) is 11.4 Å². The Labute approximate surface area is 169 Å². The summed E-state index contributed by atoms with van der Waals surface area (Å²) in [6.07, 6.45) is -3.71. The molecular weight excluding hydrogens is 422 g/mol. The van der Waals surface area contributed by atoms with Gasteiger partial charge in [0.25, 0.3) is 0 Å². The number of ether oxygens (including phenoxy) is 1. The summed E-state index contributed by atoms with van der Waals surface area (Å²) in [5, 5.41) is 19.7. The highest BCUT2D eigenvalue weighted by molar-refractivity contribution is 6.31. The summed E-state index contributed by atoms with van der Waals surface area (Å²) in [5.74, 6) is -3.30. The minimum Gasteiger partial charge on any atom is -0.497 e. The third-order valence-electron chi connectivity index (χ3n) is 4.49. The van der Waals surface area contributed by atoms with Crippen molar-refractivity contribution in [2.45, 2.75) is 44.1 Å². The standard InChI is InChI=1S/C16H21ClFNO3.C2HF3O2/c1-22-13-3-2-12(14(17)8-13)9-19-10-16(18)6-4-11(5-7-16)15(20)21;3-2(4,5)1(6)7/h2-3,8,11,19H,4-7,9-10H2,1H3,(H,20,21);(H,6,7). The smallest absolute Gasteiger partial charge is 0.490 e. The quantitative estimate of drug-likeness (QED) is 0.574. The first kappa shape index (κ1) is 25.0. The first-order chi connectivity index (χ1) is 13.4. The maximum Gasteiger partial charge on any atom is 0.490 e. The fourth-order valence-electron chi connectivity index (χ4n) is 2.78. The Kier molecular flexibility index (Phi) is 9.15. The number of nitrogens with one attached hydrogen (secondary N) is 1. The monoisotopic (exact) mass is 443 g/mol. The van der Waals surface area contributed by atoms with E-state index in [1.807, 2.05) is 12.1 Å². The summed E-state index contributed by atoms with van der Waals surface area (Å²) in [5.41, 5.74) is -0.449. The van der Waals surface area contributed by atoms with Gasteiger partial charge in [-0.1, -0.05) is 17.7 Å². The van der Waals surface area contributed by atoms with E-state index in [0.717, 1.165) is 5.56 Å². The van der Waals surface area contributed by atoms with Gasteiger partial charge in [-0.25, -0.2) is 9.18 Å². The number of methoxy groups -OCH3 is 1. The average molecular weight is 444 g/mol. The first-order valence-electron chi connectivity index (χ1n) is 8.63. The zero-order valence-corrected chi connectivity index (χ0v) is 16.3. The van der Waals surface area contributed by atoms with Crippen LogP contribution < -0.4 is 10.1 Å². The summed E-state index contributed by atoms with van der Waals surface area (Å²) in [6.45, 7) is 0.679. The number of benzene rings is 1. The molecule has 3 N–H and O–H groups in total. The van der Waals surface area contributed by atoms with Gasteiger partial charge in [-0.15, -0.1) is 0 Å². The Morgan fingerprint density at radius 2 is 1.83 bits per heavy atom. The predicted octanol–water partition coefficient (Wildman–Crippen LogP) is 4.05. The number of hydrogen-bond acceptors (Lipinski definition) is 4. The van der Waals surface area contributed by atoms with E-state index < -0.39 is 29.7 Å². The second kappa shape index (κ2) is 10.6. The van der Waals surface area contributed by atoms with Crippen molar-refractivity contribution in [3.63, 3.8) is 0 Å². The Bertz CT molecular complexity index is 706. The summed E-state index contributed by atoms with van der Waals surface area (Å²) in [4.78, 5) is 19.8. The van der Waals surface area contributed by atoms with Gasteiger partial charge in [-0.3, -0.25) is 4.79 Å². The van der Waals surface area contributed by atoms with Crippen LogP contribution >= 0.6 is 11.6 Å². The SMILES string of the molecule is COc1ccc(CNCC2(F)CCC(C(=O)O)CC2)c(Cl)c1.O=C(O)C(F)(F)F. The van der Waals surface area contributed by atoms with Crippen LogP contribution in [0.15, 0.2) is 18.2 Å². The van der Waals surface area contributed by atoms with E-state index in [1.54, 1.807) is 13.2 Å². The third kappa shape index (κ3) is 8.45. The van der Waals surface area contributed by atoms with Crippen molar-refractivity contribution in [2.24, 2.45) is 5.92 Å². The molecule has 11 heteroatoms. The molecular formula is C18H22ClF4NO5. The topological polar surface area (TPSA) is 95.9 Å². The van der Waals surface area contributed by atoms with E-state index >= 15 is 0 Å². The van der Waals surface area contributed by atoms with Gasteiger partial charge >= 0.3 is 18.1 Å². The Hall–Kier alpha value is -2.07. The molecule has 1 aliphatic carbocycles. The van der Waals surface area contributed by atoms with Crippen LogP contribution in [0.4, 0.5) is 17.6 Å². The molecule has 29 heavy (non-hydrogen) atoms. The average Bonchev–Trinajstić information content (AvgIpc) is 2.63. The predicted molar refractivity (Wildman–Crippen MR) is 96.8 cm³/mol. The number of alkyl halides is 4. The normalized spacial score (nSPS) is 21.7. The molecule has 0 amide bonds. The number of hydrogen-bond donors (Lipinski definition) is 3. The minimum atomic E-state index is -5.08. The van der Waals surface area contributed by atoms with E-state index in [0.29, 0.717) is 30.2 Å². The van der Waals surface area contributed by atoms with Crippen LogP contribution in [-0.2, 0) is 16.1 Å². The molecule has 0 unspecified atom stereocenters. The summed E-state index contributed by atoms with van der Waals surface area (Å²) in [6, 6.07) is 5.38. The molecule has 0 heterocycles. The number of carbonyl (C=O) groups is 2. The second-order valence-corrected chi connectivity index (χ2v) is 7.03. The molecule has 1 saturated carbocycles. The lowest BCUT2D eigenvalue weighted by atomic mass is 9.80. The molecule has 2 rings (SSSR count). The molecule has 164 valence electrons. The van der Waals surface area contributed by atoms with Crippen molar-refractivity contribution in [1.29, 1.82) is 0 Å². The van der Waals surface area contributed by atoms with Crippen LogP contribution in [0.1, 0.15) is 31.2 Å². The molecule has 0 spiro atoms. The molecule has 1 aliphatic rings. The number of aliphatic carboxylic acids is 2. The number of halogens is 5. The fraction of sp³-hybridized carbons (Fsp3) is 0.556. The number of carboxylic acid groups (broad SMARTS) is 2. The lowest BCUT2D eigenvalue weighted by molar-refractivity contribution is -0.192. The lowest BCUT2D eigenvalue weighted by Gasteiger charge is -2.32. The lowest BCUT2D eigenvalue weighted by Crippen LogP contribution is -2.40. The van der Waals surface area contributed by atoms with Crippen molar-refractivity contribution in [1.82, 2.24) is 5.32 Å². The van der Waals surface area contributed by atoms with E-state index in [1.165, 1.54) is 0 Å². The van der Waals surface area contributed by atoms with Crippen LogP contribution in [0.3, 0.4) is 0 Å². The highest BCUT2D eigenvalue weighted by atomic mass is 35.5. The number of carboxylic acids is 2. The zero-order chi connectivity index (χ0) is 22.2. The fourth-order valence-corrected chi connectivity index (χ4v) is 3.02. The molecule has 0 radical (unpaired) electrons. The van der Waals surface area contributed by atoms with Crippen LogP contribution in [0.2, 0.25) is 5.02 Å². The van der Waals surface area contributed by atoms with Gasteiger partial charge in [0.2, 0.25) is 0 Å². The molecule has 0 atom stereocenters. The zero-order valence-electron chi connectivity index (χ0n) is 15.6. The van der Waals surface area contributed by atoms with Crippen LogP contribution in [0, 0.1) is 5.92 Å². The van der Waals surface area contributed by atoms with E-state index in [9.17, 15) is 22.4 Å². The summed E-state index contributed by atoms with van der Waals surface area (Å²) in [7, 11) is 1.57.